The lowest BCUT2D eigenvalue weighted by molar-refractivity contribution is -0.384. The van der Waals surface area contributed by atoms with Crippen LogP contribution in [0.5, 0.6) is 0 Å². The van der Waals surface area contributed by atoms with Gasteiger partial charge in [0.25, 0.3) is 5.69 Å². The molecule has 0 atom stereocenters. The Bertz CT molecular complexity index is 630. The number of hydrogen-bond acceptors (Lipinski definition) is 7. The van der Waals surface area contributed by atoms with Gasteiger partial charge in [-0.3, -0.25) is 10.1 Å². The van der Waals surface area contributed by atoms with Gasteiger partial charge in [-0.05, 0) is 30.1 Å². The van der Waals surface area contributed by atoms with E-state index >= 15 is 0 Å². The SMILES string of the molecule is CCNc1ccc(CSc2nc(CC)ns2)cc1[N+](=O)[O-]. The summed E-state index contributed by atoms with van der Waals surface area (Å²) in [6.45, 7) is 4.58. The number of hydrogen-bond donors (Lipinski definition) is 1. The molecule has 0 saturated heterocycles. The zero-order valence-corrected chi connectivity index (χ0v) is 13.5. The highest BCUT2D eigenvalue weighted by Crippen LogP contribution is 2.30. The summed E-state index contributed by atoms with van der Waals surface area (Å²) in [6, 6.07) is 5.28. The molecule has 0 fully saturated rings. The molecule has 0 amide bonds. The highest BCUT2D eigenvalue weighted by Gasteiger charge is 2.14. The zero-order chi connectivity index (χ0) is 15.2. The van der Waals surface area contributed by atoms with E-state index in [1.807, 2.05) is 19.9 Å². The number of rotatable bonds is 7. The summed E-state index contributed by atoms with van der Waals surface area (Å²) in [7, 11) is 0. The van der Waals surface area contributed by atoms with Crippen LogP contribution in [0.15, 0.2) is 22.5 Å². The molecule has 0 bridgehead atoms. The molecule has 1 heterocycles. The highest BCUT2D eigenvalue weighted by atomic mass is 32.2. The van der Waals surface area contributed by atoms with Gasteiger partial charge in [-0.25, -0.2) is 4.98 Å². The fraction of sp³-hybridized carbons (Fsp3) is 0.385. The predicted octanol–water partition coefficient (Wildman–Crippen LogP) is 3.73. The Balaban J connectivity index is 2.09. The van der Waals surface area contributed by atoms with Crippen LogP contribution in [0.1, 0.15) is 25.2 Å². The topological polar surface area (TPSA) is 81.0 Å². The molecule has 1 aromatic heterocycles. The van der Waals surface area contributed by atoms with Crippen LogP contribution in [0, 0.1) is 10.1 Å². The van der Waals surface area contributed by atoms with Gasteiger partial charge in [-0.15, -0.1) is 0 Å². The van der Waals surface area contributed by atoms with Gasteiger partial charge in [0.15, 0.2) is 4.34 Å². The molecule has 0 spiro atoms. The van der Waals surface area contributed by atoms with E-state index in [0.29, 0.717) is 18.0 Å². The maximum atomic E-state index is 11.1. The molecule has 1 aromatic carbocycles. The molecule has 6 nitrogen and oxygen atoms in total. The molecule has 0 aliphatic carbocycles. The molecule has 0 aliphatic rings. The minimum Gasteiger partial charge on any atom is -0.380 e. The van der Waals surface area contributed by atoms with Crippen LogP contribution in [0.3, 0.4) is 0 Å². The highest BCUT2D eigenvalue weighted by molar-refractivity contribution is 8.00. The van der Waals surface area contributed by atoms with Gasteiger partial charge in [-0.2, -0.15) is 4.37 Å². The third kappa shape index (κ3) is 4.15. The van der Waals surface area contributed by atoms with Gasteiger partial charge in [0.2, 0.25) is 0 Å². The number of aromatic nitrogens is 2. The maximum Gasteiger partial charge on any atom is 0.292 e. The van der Waals surface area contributed by atoms with Gasteiger partial charge in [0.05, 0.1) is 4.92 Å². The molecule has 2 rings (SSSR count). The van der Waals surface area contributed by atoms with Gasteiger partial charge < -0.3 is 5.32 Å². The summed E-state index contributed by atoms with van der Waals surface area (Å²) in [5, 5.41) is 14.1. The predicted molar refractivity (Wildman–Crippen MR) is 86.1 cm³/mol. The Morgan fingerprint density at radius 3 is 2.86 bits per heavy atom. The first-order valence-electron chi connectivity index (χ1n) is 6.60. The number of anilines is 1. The van der Waals surface area contributed by atoms with Gasteiger partial charge in [-0.1, -0.05) is 24.8 Å². The number of aryl methyl sites for hydroxylation is 1. The van der Waals surface area contributed by atoms with Crippen molar-refractivity contribution in [2.75, 3.05) is 11.9 Å². The third-order valence-corrected chi connectivity index (χ3v) is 4.70. The Hall–Kier alpha value is -1.67. The number of thioether (sulfide) groups is 1. The normalized spacial score (nSPS) is 10.6. The lowest BCUT2D eigenvalue weighted by Crippen LogP contribution is -2.01. The van der Waals surface area contributed by atoms with Crippen molar-refractivity contribution in [2.45, 2.75) is 30.4 Å². The van der Waals surface area contributed by atoms with Gasteiger partial charge >= 0.3 is 0 Å². The second kappa shape index (κ2) is 7.37. The van der Waals surface area contributed by atoms with Crippen molar-refractivity contribution in [1.29, 1.82) is 0 Å². The summed E-state index contributed by atoms with van der Waals surface area (Å²) in [6.07, 6.45) is 0.819. The Kier molecular flexibility index (Phi) is 5.51. The lowest BCUT2D eigenvalue weighted by Gasteiger charge is -2.06. The average molecular weight is 324 g/mol. The Labute approximate surface area is 131 Å². The van der Waals surface area contributed by atoms with Crippen molar-refractivity contribution < 1.29 is 4.92 Å². The Morgan fingerprint density at radius 1 is 1.43 bits per heavy atom. The quantitative estimate of drug-likeness (QED) is 0.475. The first-order chi connectivity index (χ1) is 10.1. The number of benzene rings is 1. The van der Waals surface area contributed by atoms with E-state index < -0.39 is 0 Å². The standard InChI is InChI=1S/C13H16N4O2S2/c1-3-12-15-13(21-16-12)20-8-9-5-6-10(14-4-2)11(7-9)17(18)19/h5-7,14H,3-4,8H2,1-2H3. The second-order valence-corrected chi connectivity index (χ2v) is 6.23. The molecule has 0 radical (unpaired) electrons. The first kappa shape index (κ1) is 15.7. The molecule has 0 unspecified atom stereocenters. The first-order valence-corrected chi connectivity index (χ1v) is 8.36. The third-order valence-electron chi connectivity index (χ3n) is 2.75. The summed E-state index contributed by atoms with van der Waals surface area (Å²) < 4.78 is 5.12. The van der Waals surface area contributed by atoms with E-state index in [1.165, 1.54) is 11.5 Å². The number of nitrogens with zero attached hydrogens (tertiary/aromatic N) is 3. The fourth-order valence-electron chi connectivity index (χ4n) is 1.74. The molecular weight excluding hydrogens is 308 g/mol. The molecular formula is C13H16N4O2S2. The van der Waals surface area contributed by atoms with Crippen LogP contribution in [0.2, 0.25) is 0 Å². The molecule has 1 N–H and O–H groups in total. The fourth-order valence-corrected chi connectivity index (χ4v) is 3.38. The molecule has 0 saturated carbocycles. The minimum atomic E-state index is -0.355. The van der Waals surface area contributed by atoms with E-state index in [1.54, 1.807) is 23.9 Å². The molecule has 0 aliphatic heterocycles. The van der Waals surface area contributed by atoms with Crippen molar-refractivity contribution in [1.82, 2.24) is 9.36 Å². The smallest absolute Gasteiger partial charge is 0.292 e. The number of nitro groups is 1. The van der Waals surface area contributed by atoms with Crippen LogP contribution in [-0.4, -0.2) is 20.8 Å². The second-order valence-electron chi connectivity index (χ2n) is 4.26. The van der Waals surface area contributed by atoms with Gasteiger partial charge in [0, 0.05) is 24.8 Å². The minimum absolute atomic E-state index is 0.112. The summed E-state index contributed by atoms with van der Waals surface area (Å²) in [5.41, 5.74) is 1.57. The summed E-state index contributed by atoms with van der Waals surface area (Å²) in [5.74, 6) is 1.49. The van der Waals surface area contributed by atoms with E-state index in [2.05, 4.69) is 14.7 Å². The lowest BCUT2D eigenvalue weighted by atomic mass is 10.2. The average Bonchev–Trinajstić information content (AvgIpc) is 2.94. The summed E-state index contributed by atoms with van der Waals surface area (Å²) in [4.78, 5) is 15.1. The number of nitrogens with one attached hydrogen (secondary N) is 1. The largest absolute Gasteiger partial charge is 0.380 e. The van der Waals surface area contributed by atoms with Gasteiger partial charge in [0.1, 0.15) is 11.5 Å². The van der Waals surface area contributed by atoms with Crippen molar-refractivity contribution in [3.63, 3.8) is 0 Å². The zero-order valence-electron chi connectivity index (χ0n) is 11.8. The van der Waals surface area contributed by atoms with Crippen molar-refractivity contribution >= 4 is 34.7 Å². The van der Waals surface area contributed by atoms with Crippen LogP contribution >= 0.6 is 23.3 Å². The molecule has 21 heavy (non-hydrogen) atoms. The van der Waals surface area contributed by atoms with Crippen molar-refractivity contribution in [3.8, 4) is 0 Å². The molecule has 112 valence electrons. The van der Waals surface area contributed by atoms with Crippen LogP contribution in [-0.2, 0) is 12.2 Å². The van der Waals surface area contributed by atoms with Crippen LogP contribution < -0.4 is 5.32 Å². The van der Waals surface area contributed by atoms with Crippen molar-refractivity contribution in [3.05, 3.63) is 39.7 Å². The maximum absolute atomic E-state index is 11.1. The number of nitro benzene ring substituents is 1. The van der Waals surface area contributed by atoms with E-state index in [0.717, 1.165) is 22.1 Å². The van der Waals surface area contributed by atoms with E-state index in [9.17, 15) is 10.1 Å². The van der Waals surface area contributed by atoms with Crippen molar-refractivity contribution in [2.24, 2.45) is 0 Å². The van der Waals surface area contributed by atoms with E-state index in [4.69, 9.17) is 0 Å². The van der Waals surface area contributed by atoms with Crippen LogP contribution in [0.4, 0.5) is 11.4 Å². The Morgan fingerprint density at radius 2 is 2.24 bits per heavy atom. The molecule has 8 heteroatoms. The van der Waals surface area contributed by atoms with E-state index in [-0.39, 0.29) is 10.6 Å². The monoisotopic (exact) mass is 324 g/mol. The summed E-state index contributed by atoms with van der Waals surface area (Å²) >= 11 is 2.92. The van der Waals surface area contributed by atoms with Crippen LogP contribution in [0.25, 0.3) is 0 Å². The molecule has 2 aromatic rings.